The van der Waals surface area contributed by atoms with Gasteiger partial charge in [-0.2, -0.15) is 11.3 Å². The Morgan fingerprint density at radius 1 is 1.67 bits per heavy atom. The quantitative estimate of drug-likeness (QED) is 0.717. The molecule has 66 valence electrons. The van der Waals surface area contributed by atoms with Gasteiger partial charge >= 0.3 is 0 Å². The van der Waals surface area contributed by atoms with Gasteiger partial charge in [-0.05, 0) is 41.9 Å². The number of likely N-dealkylation sites (N-methyl/N-ethyl adjacent to an activating group) is 1. The number of rotatable bonds is 2. The molecule has 0 saturated heterocycles. The highest BCUT2D eigenvalue weighted by molar-refractivity contribution is 7.08. The van der Waals surface area contributed by atoms with Crippen molar-refractivity contribution in [3.8, 4) is 0 Å². The van der Waals surface area contributed by atoms with E-state index in [1.54, 1.807) is 5.56 Å². The van der Waals surface area contributed by atoms with Crippen LogP contribution < -0.4 is 10.6 Å². The smallest absolute Gasteiger partial charge is 0.0457 e. The Balaban J connectivity index is 2.19. The lowest BCUT2D eigenvalue weighted by Gasteiger charge is -2.23. The average Bonchev–Trinajstić information content (AvgIpc) is 2.53. The summed E-state index contributed by atoms with van der Waals surface area (Å²) < 4.78 is 0. The SMILES string of the molecule is CNCC1NCCc2cscc21. The second-order valence-electron chi connectivity index (χ2n) is 3.17. The van der Waals surface area contributed by atoms with Gasteiger partial charge in [0, 0.05) is 12.6 Å². The van der Waals surface area contributed by atoms with E-state index in [0.717, 1.165) is 13.1 Å². The van der Waals surface area contributed by atoms with Crippen molar-refractivity contribution < 1.29 is 0 Å². The van der Waals surface area contributed by atoms with Crippen LogP contribution in [0.15, 0.2) is 10.8 Å². The molecule has 0 aliphatic carbocycles. The summed E-state index contributed by atoms with van der Waals surface area (Å²) in [5, 5.41) is 11.3. The van der Waals surface area contributed by atoms with Crippen molar-refractivity contribution in [2.45, 2.75) is 12.5 Å². The Bertz CT molecular complexity index is 257. The summed E-state index contributed by atoms with van der Waals surface area (Å²) in [6.07, 6.45) is 1.19. The molecule has 1 aliphatic rings. The van der Waals surface area contributed by atoms with Crippen LogP contribution in [0.5, 0.6) is 0 Å². The molecule has 2 N–H and O–H groups in total. The molecule has 0 amide bonds. The normalized spacial score (nSPS) is 22.2. The van der Waals surface area contributed by atoms with Gasteiger partial charge in [0.1, 0.15) is 0 Å². The van der Waals surface area contributed by atoms with Crippen LogP contribution in [0.4, 0.5) is 0 Å². The van der Waals surface area contributed by atoms with Crippen molar-refractivity contribution in [2.24, 2.45) is 0 Å². The first-order chi connectivity index (χ1) is 5.92. The molecule has 1 aromatic rings. The van der Waals surface area contributed by atoms with Gasteiger partial charge in [0.25, 0.3) is 0 Å². The van der Waals surface area contributed by atoms with Gasteiger partial charge in [-0.1, -0.05) is 0 Å². The zero-order chi connectivity index (χ0) is 8.39. The highest BCUT2D eigenvalue weighted by Gasteiger charge is 2.18. The molecule has 0 radical (unpaired) electrons. The minimum absolute atomic E-state index is 0.532. The number of nitrogens with one attached hydrogen (secondary N) is 2. The monoisotopic (exact) mass is 182 g/mol. The molecular weight excluding hydrogens is 168 g/mol. The number of thiophene rings is 1. The maximum absolute atomic E-state index is 3.51. The highest BCUT2D eigenvalue weighted by atomic mass is 32.1. The molecule has 1 aromatic heterocycles. The van der Waals surface area contributed by atoms with Crippen molar-refractivity contribution >= 4 is 11.3 Å². The summed E-state index contributed by atoms with van der Waals surface area (Å²) >= 11 is 1.82. The van der Waals surface area contributed by atoms with Crippen LogP contribution in [0.25, 0.3) is 0 Å². The second-order valence-corrected chi connectivity index (χ2v) is 3.91. The Kier molecular flexibility index (Phi) is 2.44. The van der Waals surface area contributed by atoms with E-state index in [2.05, 4.69) is 21.4 Å². The van der Waals surface area contributed by atoms with E-state index in [9.17, 15) is 0 Å². The summed E-state index contributed by atoms with van der Waals surface area (Å²) in [4.78, 5) is 0. The summed E-state index contributed by atoms with van der Waals surface area (Å²) in [7, 11) is 2.00. The molecule has 3 heteroatoms. The summed E-state index contributed by atoms with van der Waals surface area (Å²) in [6.45, 7) is 2.15. The van der Waals surface area contributed by atoms with Gasteiger partial charge in [0.15, 0.2) is 0 Å². The Morgan fingerprint density at radius 2 is 2.58 bits per heavy atom. The predicted octanol–water partition coefficient (Wildman–Crippen LogP) is 1.15. The largest absolute Gasteiger partial charge is 0.318 e. The third-order valence-corrected chi connectivity index (χ3v) is 3.16. The zero-order valence-corrected chi connectivity index (χ0v) is 8.08. The fraction of sp³-hybridized carbons (Fsp3) is 0.556. The van der Waals surface area contributed by atoms with Crippen molar-refractivity contribution in [3.63, 3.8) is 0 Å². The van der Waals surface area contributed by atoms with E-state index in [0.29, 0.717) is 6.04 Å². The van der Waals surface area contributed by atoms with E-state index in [1.807, 2.05) is 18.4 Å². The van der Waals surface area contributed by atoms with Gasteiger partial charge in [0.2, 0.25) is 0 Å². The fourth-order valence-electron chi connectivity index (χ4n) is 1.72. The predicted molar refractivity (Wildman–Crippen MR) is 52.7 cm³/mol. The molecule has 1 aliphatic heterocycles. The maximum atomic E-state index is 3.51. The molecule has 1 unspecified atom stereocenters. The first-order valence-corrected chi connectivity index (χ1v) is 5.29. The first-order valence-electron chi connectivity index (χ1n) is 4.35. The number of hydrogen-bond donors (Lipinski definition) is 2. The minimum Gasteiger partial charge on any atom is -0.318 e. The molecule has 1 atom stereocenters. The average molecular weight is 182 g/mol. The Morgan fingerprint density at radius 3 is 3.42 bits per heavy atom. The topological polar surface area (TPSA) is 24.1 Å². The molecule has 0 spiro atoms. The lowest BCUT2D eigenvalue weighted by atomic mass is 9.99. The second kappa shape index (κ2) is 3.56. The van der Waals surface area contributed by atoms with Crippen LogP contribution in [0.2, 0.25) is 0 Å². The lowest BCUT2D eigenvalue weighted by molar-refractivity contribution is 0.487. The molecule has 0 saturated carbocycles. The van der Waals surface area contributed by atoms with Crippen LogP contribution in [-0.2, 0) is 6.42 Å². The third kappa shape index (κ3) is 1.40. The van der Waals surface area contributed by atoms with Crippen LogP contribution in [0.3, 0.4) is 0 Å². The molecule has 0 fully saturated rings. The zero-order valence-electron chi connectivity index (χ0n) is 7.26. The first kappa shape index (κ1) is 8.23. The van der Waals surface area contributed by atoms with E-state index < -0.39 is 0 Å². The maximum Gasteiger partial charge on any atom is 0.0457 e. The standard InChI is InChI=1S/C9H14N2S/c1-10-4-9-8-6-12-5-7(8)2-3-11-9/h5-6,9-11H,2-4H2,1H3. The van der Waals surface area contributed by atoms with Gasteiger partial charge in [0.05, 0.1) is 0 Å². The summed E-state index contributed by atoms with van der Waals surface area (Å²) in [5.74, 6) is 0. The van der Waals surface area contributed by atoms with Crippen LogP contribution in [-0.4, -0.2) is 20.1 Å². The van der Waals surface area contributed by atoms with Crippen molar-refractivity contribution in [3.05, 3.63) is 21.9 Å². The van der Waals surface area contributed by atoms with Gasteiger partial charge in [-0.15, -0.1) is 0 Å². The number of fused-ring (bicyclic) bond motifs is 1. The van der Waals surface area contributed by atoms with Crippen molar-refractivity contribution in [2.75, 3.05) is 20.1 Å². The van der Waals surface area contributed by atoms with Gasteiger partial charge in [-0.25, -0.2) is 0 Å². The summed E-state index contributed by atoms with van der Waals surface area (Å²) in [5.41, 5.74) is 3.04. The third-order valence-electron chi connectivity index (χ3n) is 2.34. The molecule has 0 bridgehead atoms. The number of hydrogen-bond acceptors (Lipinski definition) is 3. The van der Waals surface area contributed by atoms with Crippen LogP contribution in [0, 0.1) is 0 Å². The Hall–Kier alpha value is -0.380. The van der Waals surface area contributed by atoms with E-state index in [4.69, 9.17) is 0 Å². The van der Waals surface area contributed by atoms with E-state index >= 15 is 0 Å². The molecule has 2 nitrogen and oxygen atoms in total. The summed E-state index contributed by atoms with van der Waals surface area (Å²) in [6, 6.07) is 0.532. The van der Waals surface area contributed by atoms with Crippen LogP contribution in [0.1, 0.15) is 17.2 Å². The van der Waals surface area contributed by atoms with Gasteiger partial charge in [-0.3, -0.25) is 0 Å². The van der Waals surface area contributed by atoms with E-state index in [-0.39, 0.29) is 0 Å². The lowest BCUT2D eigenvalue weighted by Crippen LogP contribution is -2.35. The molecule has 0 aromatic carbocycles. The van der Waals surface area contributed by atoms with Crippen LogP contribution >= 0.6 is 11.3 Å². The molecular formula is C9H14N2S. The van der Waals surface area contributed by atoms with Crippen molar-refractivity contribution in [1.29, 1.82) is 0 Å². The molecule has 2 heterocycles. The van der Waals surface area contributed by atoms with Crippen molar-refractivity contribution in [1.82, 2.24) is 10.6 Å². The Labute approximate surface area is 77.0 Å². The molecule has 12 heavy (non-hydrogen) atoms. The van der Waals surface area contributed by atoms with E-state index in [1.165, 1.54) is 12.0 Å². The van der Waals surface area contributed by atoms with Gasteiger partial charge < -0.3 is 10.6 Å². The highest BCUT2D eigenvalue weighted by Crippen LogP contribution is 2.25. The minimum atomic E-state index is 0.532. The molecule has 2 rings (SSSR count). The fourth-order valence-corrected chi connectivity index (χ4v) is 2.67.